The number of imidazole rings is 1. The zero-order valence-corrected chi connectivity index (χ0v) is 19.0. The molecule has 1 saturated heterocycles. The number of aliphatic hydroxyl groups excluding tert-OH is 1. The maximum atomic E-state index is 10.2. The van der Waals surface area contributed by atoms with Crippen LogP contribution in [0.25, 0.3) is 0 Å². The highest BCUT2D eigenvalue weighted by molar-refractivity contribution is 5.32. The summed E-state index contributed by atoms with van der Waals surface area (Å²) in [5, 5.41) is 19.2. The van der Waals surface area contributed by atoms with E-state index in [9.17, 15) is 5.11 Å². The molecule has 2 aromatic heterocycles. The van der Waals surface area contributed by atoms with Crippen molar-refractivity contribution >= 4 is 0 Å². The van der Waals surface area contributed by atoms with Gasteiger partial charge in [0.2, 0.25) is 0 Å². The second kappa shape index (κ2) is 9.64. The lowest BCUT2D eigenvalue weighted by molar-refractivity contribution is 0.0399. The molecule has 0 bridgehead atoms. The van der Waals surface area contributed by atoms with Gasteiger partial charge in [-0.1, -0.05) is 12.1 Å². The quantitative estimate of drug-likeness (QED) is 0.621. The van der Waals surface area contributed by atoms with Gasteiger partial charge in [-0.15, -0.1) is 0 Å². The van der Waals surface area contributed by atoms with E-state index in [-0.39, 0.29) is 12.0 Å². The van der Waals surface area contributed by atoms with Crippen LogP contribution in [0.2, 0.25) is 0 Å². The summed E-state index contributed by atoms with van der Waals surface area (Å²) in [4.78, 5) is 11.5. The first-order chi connectivity index (χ1) is 15.5. The fourth-order valence-electron chi connectivity index (χ4n) is 4.61. The number of likely N-dealkylation sites (tertiary alicyclic amines) is 1. The molecule has 6 nitrogen and oxygen atoms in total. The standard InChI is InChI=1S/C26H31N5O/c1-20-7-10-28-24(13-20)14-26(19-32)8-11-30(12-9-26)18-25-16-29-21(2)31(25)17-23-5-3-22(15-27)4-6-23/h3-7,10,13,16,32H,8-9,11-12,14,17-19H2,1-2H3. The summed E-state index contributed by atoms with van der Waals surface area (Å²) in [6.45, 7) is 7.83. The van der Waals surface area contributed by atoms with E-state index in [0.29, 0.717) is 5.56 Å². The molecule has 1 aliphatic heterocycles. The number of nitriles is 1. The molecule has 3 heterocycles. The monoisotopic (exact) mass is 429 g/mol. The number of rotatable bonds is 7. The number of hydrogen-bond donors (Lipinski definition) is 1. The fraction of sp³-hybridized carbons (Fsp3) is 0.423. The minimum atomic E-state index is -0.0874. The Morgan fingerprint density at radius 1 is 1.06 bits per heavy atom. The lowest BCUT2D eigenvalue weighted by atomic mass is 9.75. The molecule has 0 radical (unpaired) electrons. The first-order valence-electron chi connectivity index (χ1n) is 11.2. The second-order valence-corrected chi connectivity index (χ2v) is 9.13. The van der Waals surface area contributed by atoms with E-state index in [4.69, 9.17) is 5.26 Å². The average molecular weight is 430 g/mol. The maximum Gasteiger partial charge on any atom is 0.106 e. The lowest BCUT2D eigenvalue weighted by Gasteiger charge is -2.40. The van der Waals surface area contributed by atoms with Gasteiger partial charge in [-0.05, 0) is 81.6 Å². The predicted molar refractivity (Wildman–Crippen MR) is 124 cm³/mol. The summed E-state index contributed by atoms with van der Waals surface area (Å²) in [5.41, 5.74) is 5.24. The van der Waals surface area contributed by atoms with E-state index in [1.807, 2.05) is 49.6 Å². The summed E-state index contributed by atoms with van der Waals surface area (Å²) >= 11 is 0. The highest BCUT2D eigenvalue weighted by Crippen LogP contribution is 2.35. The maximum absolute atomic E-state index is 10.2. The third kappa shape index (κ3) is 5.07. The Balaban J connectivity index is 1.40. The normalized spacial score (nSPS) is 16.1. The van der Waals surface area contributed by atoms with Gasteiger partial charge < -0.3 is 9.67 Å². The molecule has 0 amide bonds. The van der Waals surface area contributed by atoms with Crippen molar-refractivity contribution in [1.29, 1.82) is 5.26 Å². The Bertz CT molecular complexity index is 1090. The van der Waals surface area contributed by atoms with E-state index in [1.165, 1.54) is 11.3 Å². The Morgan fingerprint density at radius 3 is 2.47 bits per heavy atom. The number of piperidine rings is 1. The first-order valence-corrected chi connectivity index (χ1v) is 11.2. The van der Waals surface area contributed by atoms with Crippen LogP contribution in [0.4, 0.5) is 0 Å². The van der Waals surface area contributed by atoms with Crippen LogP contribution in [0, 0.1) is 30.6 Å². The largest absolute Gasteiger partial charge is 0.396 e. The Kier molecular flexibility index (Phi) is 6.69. The highest BCUT2D eigenvalue weighted by Gasteiger charge is 2.35. The van der Waals surface area contributed by atoms with Gasteiger partial charge in [-0.2, -0.15) is 5.26 Å². The zero-order chi connectivity index (χ0) is 22.6. The molecular formula is C26H31N5O. The van der Waals surface area contributed by atoms with Gasteiger partial charge in [0.25, 0.3) is 0 Å². The van der Waals surface area contributed by atoms with Crippen molar-refractivity contribution in [3.05, 3.63) is 82.7 Å². The van der Waals surface area contributed by atoms with Gasteiger partial charge in [-0.3, -0.25) is 9.88 Å². The number of aryl methyl sites for hydroxylation is 2. The molecular weight excluding hydrogens is 398 g/mol. The molecule has 0 unspecified atom stereocenters. The highest BCUT2D eigenvalue weighted by atomic mass is 16.3. The molecule has 0 atom stereocenters. The number of nitrogens with zero attached hydrogens (tertiary/aromatic N) is 5. The van der Waals surface area contributed by atoms with Crippen LogP contribution in [-0.4, -0.2) is 44.2 Å². The second-order valence-electron chi connectivity index (χ2n) is 9.13. The van der Waals surface area contributed by atoms with E-state index >= 15 is 0 Å². The molecule has 1 fully saturated rings. The van der Waals surface area contributed by atoms with Gasteiger partial charge in [0.05, 0.1) is 17.3 Å². The van der Waals surface area contributed by atoms with Crippen molar-refractivity contribution in [2.45, 2.75) is 46.2 Å². The molecule has 6 heteroatoms. The number of pyridine rings is 1. The Morgan fingerprint density at radius 2 is 1.81 bits per heavy atom. The minimum absolute atomic E-state index is 0.0874. The molecule has 32 heavy (non-hydrogen) atoms. The van der Waals surface area contributed by atoms with Gasteiger partial charge in [0, 0.05) is 43.2 Å². The number of hydrogen-bond acceptors (Lipinski definition) is 5. The summed E-state index contributed by atoms with van der Waals surface area (Å²) in [6, 6.07) is 14.1. The number of aromatic nitrogens is 3. The Labute approximate surface area is 190 Å². The third-order valence-corrected chi connectivity index (χ3v) is 6.73. The van der Waals surface area contributed by atoms with Crippen molar-refractivity contribution in [3.8, 4) is 6.07 Å². The van der Waals surface area contributed by atoms with Crippen molar-refractivity contribution < 1.29 is 5.11 Å². The van der Waals surface area contributed by atoms with E-state index < -0.39 is 0 Å². The molecule has 166 valence electrons. The molecule has 1 aliphatic rings. The van der Waals surface area contributed by atoms with Crippen LogP contribution in [0.15, 0.2) is 48.8 Å². The van der Waals surface area contributed by atoms with Crippen molar-refractivity contribution in [2.24, 2.45) is 5.41 Å². The lowest BCUT2D eigenvalue weighted by Crippen LogP contribution is -2.43. The number of aliphatic hydroxyl groups is 1. The molecule has 4 rings (SSSR count). The SMILES string of the molecule is Cc1ccnc(CC2(CO)CCN(Cc3cnc(C)n3Cc3ccc(C#N)cc3)CC2)c1. The average Bonchev–Trinajstić information content (AvgIpc) is 3.14. The smallest absolute Gasteiger partial charge is 0.106 e. The van der Waals surface area contributed by atoms with Crippen LogP contribution in [-0.2, 0) is 19.5 Å². The van der Waals surface area contributed by atoms with Crippen LogP contribution >= 0.6 is 0 Å². The predicted octanol–water partition coefficient (Wildman–Crippen LogP) is 3.63. The van der Waals surface area contributed by atoms with Crippen LogP contribution in [0.1, 0.15) is 46.7 Å². The third-order valence-electron chi connectivity index (χ3n) is 6.73. The van der Waals surface area contributed by atoms with Gasteiger partial charge in [-0.25, -0.2) is 4.98 Å². The number of benzene rings is 1. The van der Waals surface area contributed by atoms with Crippen LogP contribution < -0.4 is 0 Å². The summed E-state index contributed by atoms with van der Waals surface area (Å²) in [6.07, 6.45) is 6.59. The van der Waals surface area contributed by atoms with Crippen LogP contribution in [0.5, 0.6) is 0 Å². The summed E-state index contributed by atoms with van der Waals surface area (Å²) in [5.74, 6) is 0.997. The van der Waals surface area contributed by atoms with E-state index in [2.05, 4.69) is 38.5 Å². The molecule has 1 N–H and O–H groups in total. The molecule has 3 aromatic rings. The van der Waals surface area contributed by atoms with Crippen molar-refractivity contribution in [1.82, 2.24) is 19.4 Å². The summed E-state index contributed by atoms with van der Waals surface area (Å²) < 4.78 is 2.26. The molecule has 0 spiro atoms. The van der Waals surface area contributed by atoms with Gasteiger partial charge >= 0.3 is 0 Å². The topological polar surface area (TPSA) is 78.0 Å². The minimum Gasteiger partial charge on any atom is -0.396 e. The molecule has 1 aromatic carbocycles. The van der Waals surface area contributed by atoms with Gasteiger partial charge in [0.1, 0.15) is 5.82 Å². The Hall–Kier alpha value is -3.01. The fourth-order valence-corrected chi connectivity index (χ4v) is 4.61. The van der Waals surface area contributed by atoms with Crippen LogP contribution in [0.3, 0.4) is 0 Å². The van der Waals surface area contributed by atoms with Crippen molar-refractivity contribution in [2.75, 3.05) is 19.7 Å². The van der Waals surface area contributed by atoms with E-state index in [1.54, 1.807) is 0 Å². The molecule has 0 saturated carbocycles. The first kappa shape index (κ1) is 22.2. The zero-order valence-electron chi connectivity index (χ0n) is 19.0. The van der Waals surface area contributed by atoms with Gasteiger partial charge in [0.15, 0.2) is 0 Å². The van der Waals surface area contributed by atoms with E-state index in [0.717, 1.165) is 62.5 Å². The molecule has 0 aliphatic carbocycles. The summed E-state index contributed by atoms with van der Waals surface area (Å²) in [7, 11) is 0. The van der Waals surface area contributed by atoms with Crippen molar-refractivity contribution in [3.63, 3.8) is 0 Å².